The van der Waals surface area contributed by atoms with Gasteiger partial charge in [-0.2, -0.15) is 5.10 Å². The van der Waals surface area contributed by atoms with Gasteiger partial charge in [0.15, 0.2) is 5.58 Å². The molecule has 0 bridgehead atoms. The van der Waals surface area contributed by atoms with Crippen LogP contribution in [0.15, 0.2) is 101 Å². The predicted molar refractivity (Wildman–Crippen MR) is 126 cm³/mol. The molecule has 5 aromatic rings. The third kappa shape index (κ3) is 4.58. The number of carbonyl (C=O) groups is 1. The first-order valence-electron chi connectivity index (χ1n) is 10.2. The van der Waals surface area contributed by atoms with E-state index in [4.69, 9.17) is 4.42 Å². The van der Waals surface area contributed by atoms with Gasteiger partial charge in [0.25, 0.3) is 11.1 Å². The summed E-state index contributed by atoms with van der Waals surface area (Å²) in [4.78, 5) is 17.5. The Kier molecular flexibility index (Phi) is 5.72. The first-order chi connectivity index (χ1) is 15.7. The standard InChI is InChI=1S/C25H20N4O2S/c30-24(27-20-14-26-29(16-20)15-18-8-2-1-3-9-18)21-11-5-4-10-19(21)17-32-25-28-22-12-6-7-13-23(22)31-25/h1-14,16H,15,17H2,(H,27,30). The van der Waals surface area contributed by atoms with Crippen molar-refractivity contribution in [2.75, 3.05) is 5.32 Å². The van der Waals surface area contributed by atoms with Crippen molar-refractivity contribution in [1.82, 2.24) is 14.8 Å². The van der Waals surface area contributed by atoms with E-state index >= 15 is 0 Å². The molecular formula is C25H20N4O2S. The Morgan fingerprint density at radius 3 is 2.62 bits per heavy atom. The van der Waals surface area contributed by atoms with Crippen LogP contribution in [0.2, 0.25) is 0 Å². The van der Waals surface area contributed by atoms with E-state index in [1.54, 1.807) is 10.9 Å². The van der Waals surface area contributed by atoms with Gasteiger partial charge in [0.2, 0.25) is 0 Å². The molecular weight excluding hydrogens is 420 g/mol. The molecule has 2 heterocycles. The summed E-state index contributed by atoms with van der Waals surface area (Å²) < 4.78 is 7.58. The van der Waals surface area contributed by atoms with Gasteiger partial charge in [0.05, 0.1) is 18.4 Å². The van der Waals surface area contributed by atoms with E-state index in [-0.39, 0.29) is 5.91 Å². The SMILES string of the molecule is O=C(Nc1cnn(Cc2ccccc2)c1)c1ccccc1CSc1nc2ccccc2o1. The second-order valence-corrected chi connectivity index (χ2v) is 8.19. The highest BCUT2D eigenvalue weighted by atomic mass is 32.2. The van der Waals surface area contributed by atoms with Crippen LogP contribution >= 0.6 is 11.8 Å². The summed E-state index contributed by atoms with van der Waals surface area (Å²) in [6.07, 6.45) is 3.50. The Labute approximate surface area is 189 Å². The molecule has 2 aromatic heterocycles. The number of hydrogen-bond donors (Lipinski definition) is 1. The minimum absolute atomic E-state index is 0.168. The molecule has 0 saturated carbocycles. The molecule has 6 nitrogen and oxygen atoms in total. The monoisotopic (exact) mass is 440 g/mol. The first-order valence-corrected chi connectivity index (χ1v) is 11.2. The van der Waals surface area contributed by atoms with Crippen LogP contribution in [0.4, 0.5) is 5.69 Å². The maximum atomic E-state index is 13.0. The minimum atomic E-state index is -0.168. The van der Waals surface area contributed by atoms with E-state index in [1.165, 1.54) is 11.8 Å². The predicted octanol–water partition coefficient (Wildman–Crippen LogP) is 5.62. The lowest BCUT2D eigenvalue weighted by atomic mass is 10.1. The van der Waals surface area contributed by atoms with E-state index in [0.717, 1.165) is 22.2 Å². The fourth-order valence-corrected chi connectivity index (χ4v) is 4.25. The van der Waals surface area contributed by atoms with E-state index < -0.39 is 0 Å². The zero-order valence-corrected chi connectivity index (χ0v) is 18.0. The molecule has 0 fully saturated rings. The van der Waals surface area contributed by atoms with Crippen LogP contribution in [0.1, 0.15) is 21.5 Å². The summed E-state index contributed by atoms with van der Waals surface area (Å²) >= 11 is 1.47. The lowest BCUT2D eigenvalue weighted by Crippen LogP contribution is -2.13. The third-order valence-electron chi connectivity index (χ3n) is 4.97. The largest absolute Gasteiger partial charge is 0.431 e. The van der Waals surface area contributed by atoms with E-state index in [2.05, 4.69) is 15.4 Å². The average Bonchev–Trinajstić information content (AvgIpc) is 3.44. The molecule has 0 aliphatic heterocycles. The number of thioether (sulfide) groups is 1. The molecule has 0 aliphatic rings. The van der Waals surface area contributed by atoms with Gasteiger partial charge in [-0.1, -0.05) is 72.4 Å². The van der Waals surface area contributed by atoms with Gasteiger partial charge < -0.3 is 9.73 Å². The van der Waals surface area contributed by atoms with Gasteiger partial charge in [-0.3, -0.25) is 9.48 Å². The van der Waals surface area contributed by atoms with Crippen molar-refractivity contribution < 1.29 is 9.21 Å². The molecule has 7 heteroatoms. The van der Waals surface area contributed by atoms with Crippen LogP contribution < -0.4 is 5.32 Å². The third-order valence-corrected chi connectivity index (χ3v) is 5.84. The number of fused-ring (bicyclic) bond motifs is 1. The number of benzene rings is 3. The number of aromatic nitrogens is 3. The highest BCUT2D eigenvalue weighted by Gasteiger charge is 2.14. The lowest BCUT2D eigenvalue weighted by Gasteiger charge is -2.08. The summed E-state index contributed by atoms with van der Waals surface area (Å²) in [7, 11) is 0. The van der Waals surface area contributed by atoms with Gasteiger partial charge >= 0.3 is 0 Å². The second kappa shape index (κ2) is 9.11. The van der Waals surface area contributed by atoms with Crippen molar-refractivity contribution in [2.24, 2.45) is 0 Å². The van der Waals surface area contributed by atoms with E-state index in [1.807, 2.05) is 85.1 Å². The fraction of sp³-hybridized carbons (Fsp3) is 0.0800. The zero-order valence-electron chi connectivity index (χ0n) is 17.1. The molecule has 0 spiro atoms. The summed E-state index contributed by atoms with van der Waals surface area (Å²) in [5.41, 5.74) is 4.92. The molecule has 5 rings (SSSR count). The first kappa shape index (κ1) is 20.1. The maximum Gasteiger partial charge on any atom is 0.257 e. The minimum Gasteiger partial charge on any atom is -0.431 e. The normalized spacial score (nSPS) is 11.0. The Balaban J connectivity index is 1.26. The molecule has 32 heavy (non-hydrogen) atoms. The van der Waals surface area contributed by atoms with Gasteiger partial charge in [0, 0.05) is 17.5 Å². The molecule has 0 radical (unpaired) electrons. The molecule has 1 N–H and O–H groups in total. The number of anilines is 1. The fourth-order valence-electron chi connectivity index (χ4n) is 3.40. The maximum absolute atomic E-state index is 13.0. The summed E-state index contributed by atoms with van der Waals surface area (Å²) in [5, 5.41) is 7.90. The van der Waals surface area contributed by atoms with Crippen molar-refractivity contribution >= 4 is 34.5 Å². The number of carbonyl (C=O) groups excluding carboxylic acids is 1. The van der Waals surface area contributed by atoms with Crippen molar-refractivity contribution in [2.45, 2.75) is 17.5 Å². The van der Waals surface area contributed by atoms with Crippen molar-refractivity contribution in [3.8, 4) is 0 Å². The topological polar surface area (TPSA) is 73.0 Å². The smallest absolute Gasteiger partial charge is 0.257 e. The Morgan fingerprint density at radius 2 is 1.75 bits per heavy atom. The second-order valence-electron chi connectivity index (χ2n) is 7.26. The average molecular weight is 441 g/mol. The van der Waals surface area contributed by atoms with Crippen LogP contribution in [0.3, 0.4) is 0 Å². The van der Waals surface area contributed by atoms with Gasteiger partial charge in [-0.15, -0.1) is 0 Å². The Hall–Kier alpha value is -3.84. The quantitative estimate of drug-likeness (QED) is 0.333. The molecule has 1 amide bonds. The number of para-hydroxylation sites is 2. The molecule has 0 saturated heterocycles. The molecule has 0 atom stereocenters. The summed E-state index contributed by atoms with van der Waals surface area (Å²) in [5.74, 6) is 0.405. The van der Waals surface area contributed by atoms with E-state index in [9.17, 15) is 4.79 Å². The van der Waals surface area contributed by atoms with Crippen LogP contribution in [0.5, 0.6) is 0 Å². The van der Waals surface area contributed by atoms with E-state index in [0.29, 0.717) is 28.8 Å². The molecule has 3 aromatic carbocycles. The Bertz CT molecular complexity index is 1330. The zero-order chi connectivity index (χ0) is 21.8. The number of oxazole rings is 1. The van der Waals surface area contributed by atoms with Gasteiger partial charge in [0.1, 0.15) is 5.52 Å². The van der Waals surface area contributed by atoms with Crippen LogP contribution in [0.25, 0.3) is 11.1 Å². The van der Waals surface area contributed by atoms with Crippen molar-refractivity contribution in [1.29, 1.82) is 0 Å². The van der Waals surface area contributed by atoms with Crippen LogP contribution in [0, 0.1) is 0 Å². The lowest BCUT2D eigenvalue weighted by molar-refractivity contribution is 0.102. The molecule has 0 unspecified atom stereocenters. The number of amides is 1. The van der Waals surface area contributed by atoms with Crippen molar-refractivity contribution in [3.63, 3.8) is 0 Å². The summed E-state index contributed by atoms with van der Waals surface area (Å²) in [6.45, 7) is 0.647. The highest BCUT2D eigenvalue weighted by molar-refractivity contribution is 7.98. The van der Waals surface area contributed by atoms with Gasteiger partial charge in [-0.25, -0.2) is 4.98 Å². The number of hydrogen-bond acceptors (Lipinski definition) is 5. The molecule has 158 valence electrons. The van der Waals surface area contributed by atoms with Crippen LogP contribution in [-0.4, -0.2) is 20.7 Å². The number of nitrogens with one attached hydrogen (secondary N) is 1. The van der Waals surface area contributed by atoms with Crippen molar-refractivity contribution in [3.05, 3.63) is 108 Å². The van der Waals surface area contributed by atoms with Crippen LogP contribution in [-0.2, 0) is 12.3 Å². The Morgan fingerprint density at radius 1 is 0.969 bits per heavy atom. The number of nitrogens with zero attached hydrogens (tertiary/aromatic N) is 3. The summed E-state index contributed by atoms with van der Waals surface area (Å²) in [6, 6.07) is 25.3. The molecule has 0 aliphatic carbocycles. The van der Waals surface area contributed by atoms with Gasteiger partial charge in [-0.05, 0) is 29.3 Å². The highest BCUT2D eigenvalue weighted by Crippen LogP contribution is 2.27. The number of rotatable bonds is 7.